The predicted octanol–water partition coefficient (Wildman–Crippen LogP) is 3.73. The van der Waals surface area contributed by atoms with Gasteiger partial charge in [-0.15, -0.1) is 11.6 Å². The molecular weight excluding hydrogens is 215 g/mol. The number of carbonyl (C=O) groups excluding carboxylic acids is 1. The zero-order valence-corrected chi connectivity index (χ0v) is 9.48. The molecule has 1 aromatic rings. The van der Waals surface area contributed by atoms with Crippen LogP contribution in [0.4, 0.5) is 4.39 Å². The normalized spacial score (nSPS) is 10.3. The van der Waals surface area contributed by atoms with Crippen molar-refractivity contribution in [3.05, 3.63) is 35.1 Å². The average Bonchev–Trinajstić information content (AvgIpc) is 2.22. The molecule has 1 aromatic carbocycles. The summed E-state index contributed by atoms with van der Waals surface area (Å²) >= 11 is 5.51. The van der Waals surface area contributed by atoms with Gasteiger partial charge in [-0.3, -0.25) is 4.79 Å². The zero-order chi connectivity index (χ0) is 11.3. The van der Waals surface area contributed by atoms with E-state index in [4.69, 9.17) is 11.6 Å². The summed E-state index contributed by atoms with van der Waals surface area (Å²) in [6.07, 6.45) is 2.02. The van der Waals surface area contributed by atoms with Gasteiger partial charge in [-0.25, -0.2) is 4.39 Å². The number of hydrogen-bond donors (Lipinski definition) is 0. The molecule has 0 radical (unpaired) electrons. The van der Waals surface area contributed by atoms with E-state index in [9.17, 15) is 9.18 Å². The first-order valence-corrected chi connectivity index (χ1v) is 5.54. The molecule has 0 atom stereocenters. The van der Waals surface area contributed by atoms with E-state index >= 15 is 0 Å². The lowest BCUT2D eigenvalue weighted by Crippen LogP contribution is -2.00. The Labute approximate surface area is 94.3 Å². The molecule has 0 fully saturated rings. The highest BCUT2D eigenvalue weighted by molar-refractivity contribution is 6.17. The molecule has 0 aliphatic rings. The Bertz CT molecular complexity index is 349. The standard InChI is InChI=1S/C12H14ClFO/c1-9-5-6-10(8-11(9)14)12(15)4-2-3-7-13/h5-6,8H,2-4,7H2,1H3. The molecule has 0 heterocycles. The molecule has 0 bridgehead atoms. The molecule has 0 saturated carbocycles. The van der Waals surface area contributed by atoms with Crippen molar-refractivity contribution in [3.63, 3.8) is 0 Å². The molecule has 82 valence electrons. The Morgan fingerprint density at radius 2 is 2.13 bits per heavy atom. The van der Waals surface area contributed by atoms with E-state index < -0.39 is 0 Å². The molecular formula is C12H14ClFO. The molecule has 1 rings (SSSR count). The molecule has 0 aliphatic carbocycles. The lowest BCUT2D eigenvalue weighted by molar-refractivity contribution is 0.0979. The van der Waals surface area contributed by atoms with Gasteiger partial charge >= 0.3 is 0 Å². The van der Waals surface area contributed by atoms with Gasteiger partial charge in [-0.1, -0.05) is 12.1 Å². The third-order valence-corrected chi connectivity index (χ3v) is 2.55. The van der Waals surface area contributed by atoms with Crippen molar-refractivity contribution in [1.29, 1.82) is 0 Å². The van der Waals surface area contributed by atoms with Crippen LogP contribution in [0.1, 0.15) is 35.2 Å². The van der Waals surface area contributed by atoms with E-state index in [2.05, 4.69) is 0 Å². The molecule has 0 N–H and O–H groups in total. The molecule has 3 heteroatoms. The largest absolute Gasteiger partial charge is 0.294 e. The van der Waals surface area contributed by atoms with Crippen LogP contribution in [0, 0.1) is 12.7 Å². The van der Waals surface area contributed by atoms with Crippen molar-refractivity contribution in [2.24, 2.45) is 0 Å². The smallest absolute Gasteiger partial charge is 0.162 e. The second kappa shape index (κ2) is 5.86. The SMILES string of the molecule is Cc1ccc(C(=O)CCCCCl)cc1F. The van der Waals surface area contributed by atoms with Gasteiger partial charge in [0.1, 0.15) is 5.82 Å². The minimum absolute atomic E-state index is 0.0148. The van der Waals surface area contributed by atoms with Gasteiger partial charge in [0.15, 0.2) is 5.78 Å². The molecule has 0 spiro atoms. The summed E-state index contributed by atoms with van der Waals surface area (Å²) in [6.45, 7) is 1.68. The van der Waals surface area contributed by atoms with Gasteiger partial charge in [0.25, 0.3) is 0 Å². The predicted molar refractivity (Wildman–Crippen MR) is 60.0 cm³/mol. The van der Waals surface area contributed by atoms with Gasteiger partial charge in [0, 0.05) is 17.9 Å². The van der Waals surface area contributed by atoms with Crippen LogP contribution >= 0.6 is 11.6 Å². The van der Waals surface area contributed by atoms with Crippen molar-refractivity contribution in [1.82, 2.24) is 0 Å². The van der Waals surface area contributed by atoms with E-state index in [1.807, 2.05) is 0 Å². The van der Waals surface area contributed by atoms with Gasteiger partial charge in [-0.2, -0.15) is 0 Å². The summed E-state index contributed by atoms with van der Waals surface area (Å²) < 4.78 is 13.2. The van der Waals surface area contributed by atoms with Gasteiger partial charge in [0.05, 0.1) is 0 Å². The van der Waals surface area contributed by atoms with Crippen LogP contribution in [0.2, 0.25) is 0 Å². The molecule has 15 heavy (non-hydrogen) atoms. The van der Waals surface area contributed by atoms with Gasteiger partial charge < -0.3 is 0 Å². The van der Waals surface area contributed by atoms with Crippen molar-refractivity contribution >= 4 is 17.4 Å². The maximum absolute atomic E-state index is 13.2. The van der Waals surface area contributed by atoms with Gasteiger partial charge in [-0.05, 0) is 31.4 Å². The van der Waals surface area contributed by atoms with E-state index in [-0.39, 0.29) is 11.6 Å². The fourth-order valence-corrected chi connectivity index (χ4v) is 1.48. The van der Waals surface area contributed by atoms with E-state index in [0.717, 1.165) is 12.8 Å². The molecule has 1 nitrogen and oxygen atoms in total. The number of rotatable bonds is 5. The van der Waals surface area contributed by atoms with Crippen LogP contribution in [0.15, 0.2) is 18.2 Å². The quantitative estimate of drug-likeness (QED) is 0.426. The van der Waals surface area contributed by atoms with Crippen LogP contribution in [-0.4, -0.2) is 11.7 Å². The number of aryl methyl sites for hydroxylation is 1. The number of hydrogen-bond acceptors (Lipinski definition) is 1. The number of alkyl halides is 1. The number of unbranched alkanes of at least 4 members (excludes halogenated alkanes) is 1. The highest BCUT2D eigenvalue weighted by Gasteiger charge is 2.07. The summed E-state index contributed by atoms with van der Waals surface area (Å²) in [4.78, 5) is 11.6. The first kappa shape index (κ1) is 12.2. The van der Waals surface area contributed by atoms with Crippen LogP contribution in [0.5, 0.6) is 0 Å². The molecule has 0 aromatic heterocycles. The number of halogens is 2. The van der Waals surface area contributed by atoms with E-state index in [1.165, 1.54) is 6.07 Å². The molecule has 0 saturated heterocycles. The number of ketones is 1. The number of carbonyl (C=O) groups is 1. The fourth-order valence-electron chi connectivity index (χ4n) is 1.29. The number of Topliss-reactive ketones (excluding diaryl/α,β-unsaturated/α-hetero) is 1. The fraction of sp³-hybridized carbons (Fsp3) is 0.417. The average molecular weight is 229 g/mol. The van der Waals surface area contributed by atoms with Crippen molar-refractivity contribution in [2.45, 2.75) is 26.2 Å². The van der Waals surface area contributed by atoms with E-state index in [1.54, 1.807) is 19.1 Å². The lowest BCUT2D eigenvalue weighted by Gasteiger charge is -2.02. The van der Waals surface area contributed by atoms with Gasteiger partial charge in [0.2, 0.25) is 0 Å². The second-order valence-corrected chi connectivity index (χ2v) is 3.91. The summed E-state index contributed by atoms with van der Waals surface area (Å²) in [5.41, 5.74) is 1.01. The topological polar surface area (TPSA) is 17.1 Å². The highest BCUT2D eigenvalue weighted by Crippen LogP contribution is 2.12. The van der Waals surface area contributed by atoms with Crippen LogP contribution in [-0.2, 0) is 0 Å². The maximum Gasteiger partial charge on any atom is 0.162 e. The second-order valence-electron chi connectivity index (χ2n) is 3.53. The Kier molecular flexibility index (Phi) is 4.76. The maximum atomic E-state index is 13.2. The van der Waals surface area contributed by atoms with Crippen LogP contribution in [0.25, 0.3) is 0 Å². The van der Waals surface area contributed by atoms with E-state index in [0.29, 0.717) is 23.4 Å². The van der Waals surface area contributed by atoms with Crippen LogP contribution in [0.3, 0.4) is 0 Å². The third kappa shape index (κ3) is 3.63. The summed E-state index contributed by atoms with van der Waals surface area (Å²) in [5.74, 6) is 0.229. The number of benzene rings is 1. The Balaban J connectivity index is 2.62. The Morgan fingerprint density at radius 3 is 2.73 bits per heavy atom. The lowest BCUT2D eigenvalue weighted by atomic mass is 10.0. The minimum Gasteiger partial charge on any atom is -0.294 e. The minimum atomic E-state index is -0.321. The Morgan fingerprint density at radius 1 is 1.40 bits per heavy atom. The monoisotopic (exact) mass is 228 g/mol. The highest BCUT2D eigenvalue weighted by atomic mass is 35.5. The third-order valence-electron chi connectivity index (χ3n) is 2.28. The first-order chi connectivity index (χ1) is 7.15. The van der Waals surface area contributed by atoms with Crippen molar-refractivity contribution in [3.8, 4) is 0 Å². The van der Waals surface area contributed by atoms with Crippen molar-refractivity contribution < 1.29 is 9.18 Å². The summed E-state index contributed by atoms with van der Waals surface area (Å²) in [7, 11) is 0. The van der Waals surface area contributed by atoms with Crippen molar-refractivity contribution in [2.75, 3.05) is 5.88 Å². The summed E-state index contributed by atoms with van der Waals surface area (Å²) in [6, 6.07) is 4.60. The van der Waals surface area contributed by atoms with Crippen LogP contribution < -0.4 is 0 Å². The molecule has 0 aliphatic heterocycles. The first-order valence-electron chi connectivity index (χ1n) is 5.00. The molecule has 0 amide bonds. The zero-order valence-electron chi connectivity index (χ0n) is 8.72. The summed E-state index contributed by atoms with van der Waals surface area (Å²) in [5, 5.41) is 0. The Hall–Kier alpha value is -0.890. The molecule has 0 unspecified atom stereocenters.